The van der Waals surface area contributed by atoms with Gasteiger partial charge in [0, 0.05) is 0 Å². The molecule has 0 saturated heterocycles. The molecule has 0 spiro atoms. The van der Waals surface area contributed by atoms with Crippen molar-refractivity contribution in [2.45, 2.75) is 140 Å². The van der Waals surface area contributed by atoms with Crippen molar-refractivity contribution in [3.05, 3.63) is 12.7 Å². The van der Waals surface area contributed by atoms with Crippen LogP contribution < -0.4 is 43.8 Å². The maximum absolute atomic E-state index is 13.7. The van der Waals surface area contributed by atoms with E-state index in [1.54, 1.807) is 0 Å². The van der Waals surface area contributed by atoms with Crippen LogP contribution in [0, 0.1) is 11.8 Å². The zero-order valence-corrected chi connectivity index (χ0v) is 29.6. The number of aliphatic carboxylic acids is 1. The largest absolute Gasteiger partial charge is 0.480 e. The molecule has 0 heterocycles. The molecule has 15 nitrogen and oxygen atoms in total. The van der Waals surface area contributed by atoms with E-state index in [4.69, 9.17) is 17.2 Å². The molecule has 0 aromatic heterocycles. The summed E-state index contributed by atoms with van der Waals surface area (Å²) >= 11 is 0. The molecule has 280 valence electrons. The number of nitrogens with one attached hydrogen (secondary N) is 5. The summed E-state index contributed by atoms with van der Waals surface area (Å²) in [6.45, 7) is 9.70. The molecule has 1 aliphatic carbocycles. The average molecular weight is 695 g/mol. The maximum Gasteiger partial charge on any atom is 0.326 e. The van der Waals surface area contributed by atoms with Crippen molar-refractivity contribution in [1.29, 1.82) is 0 Å². The Bertz CT molecular complexity index is 1080. The lowest BCUT2D eigenvalue weighted by molar-refractivity contribution is -0.143. The van der Waals surface area contributed by atoms with E-state index in [0.717, 1.165) is 25.7 Å². The number of nitrogens with two attached hydrogens (primary N) is 3. The van der Waals surface area contributed by atoms with E-state index < -0.39 is 71.8 Å². The first kappa shape index (κ1) is 43.5. The monoisotopic (exact) mass is 694 g/mol. The lowest BCUT2D eigenvalue weighted by atomic mass is 9.96. The molecule has 1 aliphatic rings. The molecule has 12 N–H and O–H groups in total. The normalized spacial score (nSPS) is 16.8. The molecule has 1 saturated carbocycles. The highest BCUT2D eigenvalue weighted by Crippen LogP contribution is 2.28. The van der Waals surface area contributed by atoms with Gasteiger partial charge in [-0.1, -0.05) is 45.6 Å². The number of carbonyl (C=O) groups excluding carboxylic acids is 5. The first-order valence-corrected chi connectivity index (χ1v) is 17.7. The van der Waals surface area contributed by atoms with E-state index in [-0.39, 0.29) is 37.5 Å². The van der Waals surface area contributed by atoms with Crippen LogP contribution in [-0.2, 0) is 28.8 Å². The van der Waals surface area contributed by atoms with Gasteiger partial charge in [0.2, 0.25) is 29.5 Å². The minimum Gasteiger partial charge on any atom is -0.480 e. The Morgan fingerprint density at radius 2 is 1.12 bits per heavy atom. The number of carboxylic acids is 1. The summed E-state index contributed by atoms with van der Waals surface area (Å²) in [5.74, 6) is -3.94. The molecule has 0 aromatic rings. The van der Waals surface area contributed by atoms with Gasteiger partial charge in [0.15, 0.2) is 0 Å². The lowest BCUT2D eigenvalue weighted by Crippen LogP contribution is -2.59. The molecule has 0 unspecified atom stereocenters. The molecule has 49 heavy (non-hydrogen) atoms. The van der Waals surface area contributed by atoms with Crippen molar-refractivity contribution >= 4 is 35.5 Å². The van der Waals surface area contributed by atoms with Crippen LogP contribution in [0.25, 0.3) is 0 Å². The van der Waals surface area contributed by atoms with Gasteiger partial charge < -0.3 is 48.9 Å². The summed E-state index contributed by atoms with van der Waals surface area (Å²) in [7, 11) is 0. The summed E-state index contributed by atoms with van der Waals surface area (Å²) in [4.78, 5) is 78.3. The van der Waals surface area contributed by atoms with E-state index in [0.29, 0.717) is 45.2 Å². The van der Waals surface area contributed by atoms with Crippen molar-refractivity contribution in [1.82, 2.24) is 26.6 Å². The van der Waals surface area contributed by atoms with E-state index >= 15 is 0 Å². The minimum atomic E-state index is -1.16. The highest BCUT2D eigenvalue weighted by molar-refractivity contribution is 5.96. The second-order valence-corrected chi connectivity index (χ2v) is 13.5. The summed E-state index contributed by atoms with van der Waals surface area (Å²) in [6, 6.07) is -6.14. The van der Waals surface area contributed by atoms with E-state index in [1.807, 2.05) is 13.8 Å². The molecule has 1 rings (SSSR count). The number of carboxylic acid groups (broad SMARTS) is 1. The van der Waals surface area contributed by atoms with Gasteiger partial charge in [-0.15, -0.1) is 6.58 Å². The molecule has 1 fully saturated rings. The van der Waals surface area contributed by atoms with Crippen LogP contribution in [-0.4, -0.2) is 90.0 Å². The van der Waals surface area contributed by atoms with E-state index in [1.165, 1.54) is 13.0 Å². The Morgan fingerprint density at radius 3 is 1.57 bits per heavy atom. The van der Waals surface area contributed by atoms with Crippen LogP contribution in [0.2, 0.25) is 0 Å². The molecule has 15 heteroatoms. The highest BCUT2D eigenvalue weighted by atomic mass is 16.4. The maximum atomic E-state index is 13.7. The van der Waals surface area contributed by atoms with Gasteiger partial charge in [0.1, 0.15) is 30.2 Å². The predicted octanol–water partition coefficient (Wildman–Crippen LogP) is 0.303. The van der Waals surface area contributed by atoms with Crippen LogP contribution in [0.15, 0.2) is 12.7 Å². The van der Waals surface area contributed by atoms with E-state index in [9.17, 15) is 33.9 Å². The topological polar surface area (TPSA) is 261 Å². The van der Waals surface area contributed by atoms with Crippen LogP contribution in [0.3, 0.4) is 0 Å². The molecule has 0 bridgehead atoms. The summed E-state index contributed by atoms with van der Waals surface area (Å²) in [5, 5.41) is 23.1. The third kappa shape index (κ3) is 17.1. The minimum absolute atomic E-state index is 0.0106. The van der Waals surface area contributed by atoms with Crippen LogP contribution in [0.5, 0.6) is 0 Å². The second kappa shape index (κ2) is 23.7. The Morgan fingerprint density at radius 1 is 0.694 bits per heavy atom. The summed E-state index contributed by atoms with van der Waals surface area (Å²) < 4.78 is 0. The Balaban J connectivity index is 3.19. The molecular weight excluding hydrogens is 632 g/mol. The lowest BCUT2D eigenvalue weighted by Gasteiger charge is -2.28. The fourth-order valence-corrected chi connectivity index (χ4v) is 5.82. The van der Waals surface area contributed by atoms with Crippen molar-refractivity contribution < 1.29 is 33.9 Å². The third-order valence-electron chi connectivity index (χ3n) is 8.61. The molecular formula is C34H62N8O7. The zero-order valence-electron chi connectivity index (χ0n) is 29.6. The van der Waals surface area contributed by atoms with Gasteiger partial charge in [-0.05, 0) is 89.6 Å². The Labute approximate surface area is 291 Å². The average Bonchev–Trinajstić information content (AvgIpc) is 3.55. The van der Waals surface area contributed by atoms with E-state index in [2.05, 4.69) is 33.2 Å². The number of rotatable bonds is 25. The molecule has 5 amide bonds. The highest BCUT2D eigenvalue weighted by Gasteiger charge is 2.34. The van der Waals surface area contributed by atoms with Crippen molar-refractivity contribution in [2.75, 3.05) is 13.1 Å². The molecule has 0 radical (unpaired) electrons. The summed E-state index contributed by atoms with van der Waals surface area (Å²) in [5.41, 5.74) is 17.0. The van der Waals surface area contributed by atoms with Gasteiger partial charge in [-0.2, -0.15) is 0 Å². The van der Waals surface area contributed by atoms with Gasteiger partial charge in [0.05, 0.1) is 6.04 Å². The van der Waals surface area contributed by atoms with Gasteiger partial charge in [-0.25, -0.2) is 4.79 Å². The Kier molecular flexibility index (Phi) is 21.1. The van der Waals surface area contributed by atoms with Crippen LogP contribution in [0.1, 0.15) is 104 Å². The third-order valence-corrected chi connectivity index (χ3v) is 8.61. The van der Waals surface area contributed by atoms with Gasteiger partial charge in [0.25, 0.3) is 0 Å². The quantitative estimate of drug-likeness (QED) is 0.0466. The van der Waals surface area contributed by atoms with Crippen molar-refractivity contribution in [3.63, 3.8) is 0 Å². The van der Waals surface area contributed by atoms with Gasteiger partial charge in [-0.3, -0.25) is 24.0 Å². The number of hydrogen-bond acceptors (Lipinski definition) is 9. The second-order valence-electron chi connectivity index (χ2n) is 13.5. The van der Waals surface area contributed by atoms with Crippen LogP contribution in [0.4, 0.5) is 0 Å². The smallest absolute Gasteiger partial charge is 0.326 e. The fraction of sp³-hybridized carbons (Fsp3) is 0.765. The van der Waals surface area contributed by atoms with Crippen LogP contribution >= 0.6 is 0 Å². The van der Waals surface area contributed by atoms with Crippen molar-refractivity contribution in [3.8, 4) is 0 Å². The molecule has 0 aliphatic heterocycles. The zero-order chi connectivity index (χ0) is 36.9. The summed E-state index contributed by atoms with van der Waals surface area (Å²) in [6.07, 6.45) is 8.60. The first-order valence-electron chi connectivity index (χ1n) is 17.7. The Hall–Kier alpha value is -3.56. The molecule has 0 aromatic carbocycles. The van der Waals surface area contributed by atoms with Gasteiger partial charge >= 0.3 is 5.97 Å². The number of unbranched alkanes of at least 4 members (excludes halogenated alkanes) is 2. The molecule has 6 atom stereocenters. The standard InChI is InChI=1S/C34H62N8O7/c1-5-12-24(30(44)41-27(20-23-13-6-7-14-23)33(47)42-28(34(48)49)19-21(2)3)39-32(46)26(16-9-11-18-36)40-31(45)25(15-8-10-17-35)38-29(43)22(4)37/h5,21-28H,1,6-20,35-37H2,2-4H3,(H,38,43)(H,39,46)(H,40,45)(H,41,44)(H,42,47)(H,48,49)/t22-,24-,25-,26-,27-,28-/m0/s1. The number of amides is 5. The fourth-order valence-electron chi connectivity index (χ4n) is 5.82. The predicted molar refractivity (Wildman–Crippen MR) is 188 cm³/mol. The number of carbonyl (C=O) groups is 6. The number of hydrogen-bond donors (Lipinski definition) is 9. The SMILES string of the molecule is C=CC[C@H](NC(=O)[C@H](CCCCN)NC(=O)[C@H](CCCCN)NC(=O)[C@H](C)N)C(=O)N[C@@H](CC1CCCC1)C(=O)N[C@@H](CC(C)C)C(=O)O. The first-order chi connectivity index (χ1) is 23.2. The van der Waals surface area contributed by atoms with Crippen molar-refractivity contribution in [2.24, 2.45) is 29.0 Å².